The van der Waals surface area contributed by atoms with Crippen LogP contribution in [0.2, 0.25) is 5.02 Å². The molecule has 1 rings (SSSR count). The lowest BCUT2D eigenvalue weighted by Gasteiger charge is -2.00. The van der Waals surface area contributed by atoms with Crippen LogP contribution in [0.4, 0.5) is 0 Å². The number of halogens is 1. The SMILES string of the molecule is CCCC(=O)Cc1ncccc1Cl. The molecule has 0 N–H and O–H groups in total. The predicted octanol–water partition coefficient (Wildman–Crippen LogP) is 2.65. The molecule has 0 fully saturated rings. The van der Waals surface area contributed by atoms with Crippen LogP contribution in [0.3, 0.4) is 0 Å². The van der Waals surface area contributed by atoms with Crippen LogP contribution in [-0.2, 0) is 11.2 Å². The van der Waals surface area contributed by atoms with Crippen LogP contribution in [0.15, 0.2) is 18.3 Å². The third-order valence-electron chi connectivity index (χ3n) is 1.73. The number of rotatable bonds is 4. The van der Waals surface area contributed by atoms with Crippen LogP contribution in [0.5, 0.6) is 0 Å². The second kappa shape index (κ2) is 4.97. The van der Waals surface area contributed by atoms with Crippen molar-refractivity contribution >= 4 is 17.4 Å². The van der Waals surface area contributed by atoms with Crippen LogP contribution in [0.1, 0.15) is 25.5 Å². The van der Waals surface area contributed by atoms with E-state index in [0.29, 0.717) is 23.6 Å². The Labute approximate surface area is 82.9 Å². The number of carbonyl (C=O) groups excluding carboxylic acids is 1. The fraction of sp³-hybridized carbons (Fsp3) is 0.400. The van der Waals surface area contributed by atoms with Crippen molar-refractivity contribution < 1.29 is 4.79 Å². The summed E-state index contributed by atoms with van der Waals surface area (Å²) in [6.45, 7) is 1.98. The molecular formula is C10H12ClNO. The zero-order valence-corrected chi connectivity index (χ0v) is 8.34. The van der Waals surface area contributed by atoms with Crippen molar-refractivity contribution in [3.8, 4) is 0 Å². The van der Waals surface area contributed by atoms with Gasteiger partial charge in [-0.2, -0.15) is 0 Å². The summed E-state index contributed by atoms with van der Waals surface area (Å²) >= 11 is 5.85. The van der Waals surface area contributed by atoms with Gasteiger partial charge in [0.1, 0.15) is 5.78 Å². The van der Waals surface area contributed by atoms with Crippen LogP contribution in [0.25, 0.3) is 0 Å². The van der Waals surface area contributed by atoms with Crippen molar-refractivity contribution in [1.82, 2.24) is 4.98 Å². The highest BCUT2D eigenvalue weighted by Crippen LogP contribution is 2.13. The molecule has 0 unspecified atom stereocenters. The third kappa shape index (κ3) is 3.15. The van der Waals surface area contributed by atoms with E-state index in [-0.39, 0.29) is 5.78 Å². The van der Waals surface area contributed by atoms with Gasteiger partial charge < -0.3 is 0 Å². The summed E-state index contributed by atoms with van der Waals surface area (Å²) < 4.78 is 0. The molecular weight excluding hydrogens is 186 g/mol. The standard InChI is InChI=1S/C10H12ClNO/c1-2-4-8(13)7-10-9(11)5-3-6-12-10/h3,5-6H,2,4,7H2,1H3. The van der Waals surface area contributed by atoms with Gasteiger partial charge >= 0.3 is 0 Å². The quantitative estimate of drug-likeness (QED) is 0.743. The maximum absolute atomic E-state index is 11.3. The molecule has 0 amide bonds. The van der Waals surface area contributed by atoms with E-state index >= 15 is 0 Å². The monoisotopic (exact) mass is 197 g/mol. The van der Waals surface area contributed by atoms with Crippen molar-refractivity contribution in [3.05, 3.63) is 29.0 Å². The minimum absolute atomic E-state index is 0.197. The normalized spacial score (nSPS) is 10.0. The minimum atomic E-state index is 0.197. The summed E-state index contributed by atoms with van der Waals surface area (Å²) in [4.78, 5) is 15.3. The summed E-state index contributed by atoms with van der Waals surface area (Å²) in [5.74, 6) is 0.197. The van der Waals surface area contributed by atoms with Crippen molar-refractivity contribution in [2.45, 2.75) is 26.2 Å². The largest absolute Gasteiger partial charge is 0.299 e. The molecule has 0 aliphatic heterocycles. The van der Waals surface area contributed by atoms with Gasteiger partial charge in [0.25, 0.3) is 0 Å². The van der Waals surface area contributed by atoms with Gasteiger partial charge in [0, 0.05) is 12.6 Å². The first-order valence-corrected chi connectivity index (χ1v) is 4.73. The van der Waals surface area contributed by atoms with Gasteiger partial charge in [0.15, 0.2) is 0 Å². The first-order chi connectivity index (χ1) is 6.24. The molecule has 0 saturated carbocycles. The third-order valence-corrected chi connectivity index (χ3v) is 2.07. The van der Waals surface area contributed by atoms with Crippen molar-refractivity contribution in [1.29, 1.82) is 0 Å². The summed E-state index contributed by atoms with van der Waals surface area (Å²) in [5.41, 5.74) is 0.683. The lowest BCUT2D eigenvalue weighted by molar-refractivity contribution is -0.118. The molecule has 0 atom stereocenters. The Morgan fingerprint density at radius 2 is 2.38 bits per heavy atom. The Balaban J connectivity index is 2.63. The van der Waals surface area contributed by atoms with Gasteiger partial charge in [0.2, 0.25) is 0 Å². The Morgan fingerprint density at radius 1 is 1.62 bits per heavy atom. The maximum atomic E-state index is 11.3. The molecule has 70 valence electrons. The molecule has 1 aromatic heterocycles. The van der Waals surface area contributed by atoms with E-state index in [1.165, 1.54) is 0 Å². The second-order valence-corrected chi connectivity index (χ2v) is 3.30. The Hall–Kier alpha value is -0.890. The number of ketones is 1. The van der Waals surface area contributed by atoms with E-state index in [2.05, 4.69) is 4.98 Å². The van der Waals surface area contributed by atoms with Crippen molar-refractivity contribution in [2.75, 3.05) is 0 Å². The van der Waals surface area contributed by atoms with E-state index in [1.54, 1.807) is 18.3 Å². The molecule has 0 saturated heterocycles. The number of Topliss-reactive ketones (excluding diaryl/α,β-unsaturated/α-hetero) is 1. The summed E-state index contributed by atoms with van der Waals surface area (Å²) in [5, 5.41) is 0.576. The molecule has 0 aliphatic rings. The molecule has 0 aromatic carbocycles. The molecule has 0 spiro atoms. The van der Waals surface area contributed by atoms with E-state index in [9.17, 15) is 4.79 Å². The van der Waals surface area contributed by atoms with Crippen molar-refractivity contribution in [2.24, 2.45) is 0 Å². The highest BCUT2D eigenvalue weighted by Gasteiger charge is 2.06. The number of carbonyl (C=O) groups is 1. The van der Waals surface area contributed by atoms with Crippen LogP contribution >= 0.6 is 11.6 Å². The number of hydrogen-bond donors (Lipinski definition) is 0. The molecule has 1 heterocycles. The smallest absolute Gasteiger partial charge is 0.138 e. The lowest BCUT2D eigenvalue weighted by Crippen LogP contribution is -2.03. The fourth-order valence-corrected chi connectivity index (χ4v) is 1.29. The van der Waals surface area contributed by atoms with E-state index in [1.807, 2.05) is 6.92 Å². The highest BCUT2D eigenvalue weighted by atomic mass is 35.5. The number of hydrogen-bond acceptors (Lipinski definition) is 2. The van der Waals surface area contributed by atoms with Gasteiger partial charge in [-0.25, -0.2) is 0 Å². The average molecular weight is 198 g/mol. The average Bonchev–Trinajstić information content (AvgIpc) is 2.09. The topological polar surface area (TPSA) is 30.0 Å². The van der Waals surface area contributed by atoms with Gasteiger partial charge in [-0.1, -0.05) is 18.5 Å². The molecule has 2 nitrogen and oxygen atoms in total. The molecule has 0 aliphatic carbocycles. The summed E-state index contributed by atoms with van der Waals surface area (Å²) in [7, 11) is 0. The molecule has 13 heavy (non-hydrogen) atoms. The summed E-state index contributed by atoms with van der Waals surface area (Å²) in [6, 6.07) is 3.51. The number of nitrogens with zero attached hydrogens (tertiary/aromatic N) is 1. The Kier molecular flexibility index (Phi) is 3.90. The van der Waals surface area contributed by atoms with Crippen LogP contribution in [0, 0.1) is 0 Å². The molecule has 0 bridgehead atoms. The number of aromatic nitrogens is 1. The first kappa shape index (κ1) is 10.2. The maximum Gasteiger partial charge on any atom is 0.138 e. The highest BCUT2D eigenvalue weighted by molar-refractivity contribution is 6.31. The Bertz CT molecular complexity index is 299. The lowest BCUT2D eigenvalue weighted by atomic mass is 10.1. The first-order valence-electron chi connectivity index (χ1n) is 4.35. The van der Waals surface area contributed by atoms with E-state index in [0.717, 1.165) is 6.42 Å². The van der Waals surface area contributed by atoms with E-state index in [4.69, 9.17) is 11.6 Å². The van der Waals surface area contributed by atoms with Gasteiger partial charge in [-0.15, -0.1) is 0 Å². The number of pyridine rings is 1. The van der Waals surface area contributed by atoms with Crippen LogP contribution in [-0.4, -0.2) is 10.8 Å². The molecule has 3 heteroatoms. The zero-order chi connectivity index (χ0) is 9.68. The zero-order valence-electron chi connectivity index (χ0n) is 7.59. The van der Waals surface area contributed by atoms with Crippen LogP contribution < -0.4 is 0 Å². The van der Waals surface area contributed by atoms with E-state index < -0.39 is 0 Å². The summed E-state index contributed by atoms with van der Waals surface area (Å²) in [6.07, 6.45) is 3.49. The molecule has 0 radical (unpaired) electrons. The minimum Gasteiger partial charge on any atom is -0.299 e. The second-order valence-electron chi connectivity index (χ2n) is 2.90. The molecule has 1 aromatic rings. The van der Waals surface area contributed by atoms with Crippen molar-refractivity contribution in [3.63, 3.8) is 0 Å². The van der Waals surface area contributed by atoms with Gasteiger partial charge in [-0.3, -0.25) is 9.78 Å². The fourth-order valence-electron chi connectivity index (χ4n) is 1.10. The Morgan fingerprint density at radius 3 is 3.00 bits per heavy atom. The van der Waals surface area contributed by atoms with Gasteiger partial charge in [-0.05, 0) is 18.6 Å². The predicted molar refractivity (Wildman–Crippen MR) is 52.9 cm³/mol. The van der Waals surface area contributed by atoms with Gasteiger partial charge in [0.05, 0.1) is 17.1 Å².